The summed E-state index contributed by atoms with van der Waals surface area (Å²) in [6.07, 6.45) is 5.23. The molecule has 0 spiro atoms. The molecule has 0 aliphatic carbocycles. The molecule has 1 aliphatic heterocycles. The van der Waals surface area contributed by atoms with Crippen molar-refractivity contribution in [1.82, 2.24) is 9.88 Å². The minimum Gasteiger partial charge on any atom is -0.342 e. The second-order valence-electron chi connectivity index (χ2n) is 5.19. The molecule has 2 N–H and O–H groups in total. The fourth-order valence-corrected chi connectivity index (χ4v) is 3.41. The van der Waals surface area contributed by atoms with E-state index in [1.165, 1.54) is 0 Å². The summed E-state index contributed by atoms with van der Waals surface area (Å²) in [4.78, 5) is 17.8. The van der Waals surface area contributed by atoms with Crippen molar-refractivity contribution in [1.29, 1.82) is 0 Å². The first kappa shape index (κ1) is 14.9. The van der Waals surface area contributed by atoms with Crippen LogP contribution in [0.1, 0.15) is 18.4 Å². The van der Waals surface area contributed by atoms with Crippen molar-refractivity contribution in [2.24, 2.45) is 11.1 Å². The quantitative estimate of drug-likeness (QED) is 0.837. The van der Waals surface area contributed by atoms with Crippen molar-refractivity contribution < 1.29 is 13.2 Å². The molecule has 20 heavy (non-hydrogen) atoms. The summed E-state index contributed by atoms with van der Waals surface area (Å²) in [7, 11) is -3.46. The molecule has 1 aromatic heterocycles. The first-order chi connectivity index (χ1) is 9.44. The van der Waals surface area contributed by atoms with Crippen molar-refractivity contribution in [3.05, 3.63) is 30.1 Å². The van der Waals surface area contributed by atoms with Gasteiger partial charge in [0.1, 0.15) is 0 Å². The van der Waals surface area contributed by atoms with Crippen LogP contribution in [0.5, 0.6) is 0 Å². The lowest BCUT2D eigenvalue weighted by atomic mass is 10.1. The van der Waals surface area contributed by atoms with E-state index in [0.717, 1.165) is 5.56 Å². The van der Waals surface area contributed by atoms with Crippen LogP contribution in [0.25, 0.3) is 0 Å². The molecule has 0 aromatic carbocycles. The molecular formula is C13H19N3O3S. The van der Waals surface area contributed by atoms with Crippen LogP contribution < -0.4 is 5.14 Å². The smallest absolute Gasteiger partial charge is 0.222 e. The highest BCUT2D eigenvalue weighted by Gasteiger charge is 2.28. The van der Waals surface area contributed by atoms with E-state index in [4.69, 9.17) is 5.14 Å². The Kier molecular flexibility index (Phi) is 4.72. The Balaban J connectivity index is 1.80. The topological polar surface area (TPSA) is 93.4 Å². The Morgan fingerprint density at radius 3 is 2.95 bits per heavy atom. The van der Waals surface area contributed by atoms with E-state index in [9.17, 15) is 13.2 Å². The summed E-state index contributed by atoms with van der Waals surface area (Å²) in [5.41, 5.74) is 1.03. The zero-order valence-corrected chi connectivity index (χ0v) is 12.1. The number of nitrogens with zero attached hydrogens (tertiary/aromatic N) is 2. The molecule has 2 heterocycles. The second-order valence-corrected chi connectivity index (χ2v) is 6.84. The predicted octanol–water partition coefficient (Wildman–Crippen LogP) is 0.151. The highest BCUT2D eigenvalue weighted by Crippen LogP contribution is 2.18. The van der Waals surface area contributed by atoms with Gasteiger partial charge in [-0.1, -0.05) is 6.07 Å². The minimum absolute atomic E-state index is 0.0349. The maximum atomic E-state index is 12.1. The molecule has 110 valence electrons. The number of carbonyl (C=O) groups excluding carboxylic acids is 1. The van der Waals surface area contributed by atoms with Crippen molar-refractivity contribution >= 4 is 15.9 Å². The predicted molar refractivity (Wildman–Crippen MR) is 75.2 cm³/mol. The summed E-state index contributed by atoms with van der Waals surface area (Å²) in [6, 6.07) is 3.78. The normalized spacial score (nSPS) is 19.2. The van der Waals surface area contributed by atoms with Crippen LogP contribution in [0.2, 0.25) is 0 Å². The highest BCUT2D eigenvalue weighted by molar-refractivity contribution is 7.89. The number of primary sulfonamides is 1. The number of nitrogens with two attached hydrogens (primary N) is 1. The molecule has 0 radical (unpaired) electrons. The molecule has 7 heteroatoms. The summed E-state index contributed by atoms with van der Waals surface area (Å²) in [5, 5.41) is 5.03. The first-order valence-corrected chi connectivity index (χ1v) is 8.33. The Bertz CT molecular complexity index is 559. The van der Waals surface area contributed by atoms with E-state index in [1.54, 1.807) is 17.3 Å². The molecule has 1 fully saturated rings. The van der Waals surface area contributed by atoms with Gasteiger partial charge in [0, 0.05) is 31.9 Å². The molecule has 0 bridgehead atoms. The van der Waals surface area contributed by atoms with E-state index < -0.39 is 10.0 Å². The van der Waals surface area contributed by atoms with Gasteiger partial charge in [-0.05, 0) is 30.4 Å². The maximum absolute atomic E-state index is 12.1. The number of amides is 1. The summed E-state index contributed by atoms with van der Waals surface area (Å²) in [5.74, 6) is -0.0162. The van der Waals surface area contributed by atoms with E-state index in [-0.39, 0.29) is 17.6 Å². The van der Waals surface area contributed by atoms with Gasteiger partial charge in [-0.3, -0.25) is 9.78 Å². The molecule has 2 rings (SSSR count). The lowest BCUT2D eigenvalue weighted by Gasteiger charge is -2.16. The van der Waals surface area contributed by atoms with Gasteiger partial charge < -0.3 is 4.90 Å². The van der Waals surface area contributed by atoms with E-state index in [2.05, 4.69) is 4.98 Å². The van der Waals surface area contributed by atoms with Crippen molar-refractivity contribution in [2.75, 3.05) is 18.8 Å². The van der Waals surface area contributed by atoms with E-state index in [0.29, 0.717) is 32.4 Å². The fraction of sp³-hybridized carbons (Fsp3) is 0.538. The zero-order chi connectivity index (χ0) is 14.6. The average Bonchev–Trinajstić information content (AvgIpc) is 2.83. The van der Waals surface area contributed by atoms with Crippen molar-refractivity contribution in [2.45, 2.75) is 19.3 Å². The maximum Gasteiger partial charge on any atom is 0.222 e. The largest absolute Gasteiger partial charge is 0.342 e. The number of hydrogen-bond donors (Lipinski definition) is 1. The van der Waals surface area contributed by atoms with Crippen LogP contribution >= 0.6 is 0 Å². The molecule has 1 aromatic rings. The summed E-state index contributed by atoms with van der Waals surface area (Å²) < 4.78 is 22.1. The van der Waals surface area contributed by atoms with Gasteiger partial charge in [-0.2, -0.15) is 0 Å². The van der Waals surface area contributed by atoms with Crippen LogP contribution in [0.15, 0.2) is 24.5 Å². The lowest BCUT2D eigenvalue weighted by Crippen LogP contribution is -2.30. The molecule has 1 saturated heterocycles. The van der Waals surface area contributed by atoms with Crippen LogP contribution in [-0.2, 0) is 21.2 Å². The Morgan fingerprint density at radius 1 is 1.50 bits per heavy atom. The third-order valence-corrected chi connectivity index (χ3v) is 4.39. The summed E-state index contributed by atoms with van der Waals surface area (Å²) in [6.45, 7) is 1.11. The first-order valence-electron chi connectivity index (χ1n) is 6.61. The van der Waals surface area contributed by atoms with Gasteiger partial charge in [0.15, 0.2) is 0 Å². The number of likely N-dealkylation sites (tertiary alicyclic amines) is 1. The number of aryl methyl sites for hydroxylation is 1. The van der Waals surface area contributed by atoms with Gasteiger partial charge in [0.25, 0.3) is 0 Å². The molecule has 1 atom stereocenters. The number of rotatable bonds is 5. The number of pyridine rings is 1. The van der Waals surface area contributed by atoms with E-state index in [1.807, 2.05) is 12.1 Å². The zero-order valence-electron chi connectivity index (χ0n) is 11.2. The van der Waals surface area contributed by atoms with Crippen molar-refractivity contribution in [3.8, 4) is 0 Å². The van der Waals surface area contributed by atoms with Gasteiger partial charge in [0.2, 0.25) is 15.9 Å². The van der Waals surface area contributed by atoms with Gasteiger partial charge in [-0.25, -0.2) is 13.6 Å². The van der Waals surface area contributed by atoms with Crippen LogP contribution in [0.4, 0.5) is 0 Å². The second kappa shape index (κ2) is 6.32. The van der Waals surface area contributed by atoms with Crippen molar-refractivity contribution in [3.63, 3.8) is 0 Å². The van der Waals surface area contributed by atoms with Crippen LogP contribution in [0, 0.1) is 5.92 Å². The SMILES string of the molecule is NS(=O)(=O)C[C@@H]1CCN(C(=O)CCc2cccnc2)C1. The standard InChI is InChI=1S/C13H19N3O3S/c14-20(18,19)10-12-5-7-16(9-12)13(17)4-3-11-2-1-6-15-8-11/h1-2,6,8,12H,3-5,7,9-10H2,(H2,14,18,19)/t12-/m1/s1. The minimum atomic E-state index is -3.46. The Labute approximate surface area is 119 Å². The van der Waals surface area contributed by atoms with Gasteiger partial charge in [-0.15, -0.1) is 0 Å². The molecule has 1 aliphatic rings. The monoisotopic (exact) mass is 297 g/mol. The summed E-state index contributed by atoms with van der Waals surface area (Å²) >= 11 is 0. The molecule has 0 saturated carbocycles. The Morgan fingerprint density at radius 2 is 2.30 bits per heavy atom. The highest BCUT2D eigenvalue weighted by atomic mass is 32.2. The van der Waals surface area contributed by atoms with Crippen LogP contribution in [-0.4, -0.2) is 43.1 Å². The molecule has 1 amide bonds. The number of hydrogen-bond acceptors (Lipinski definition) is 4. The Hall–Kier alpha value is -1.47. The molecular weight excluding hydrogens is 278 g/mol. The molecule has 0 unspecified atom stereocenters. The van der Waals surface area contributed by atoms with Gasteiger partial charge >= 0.3 is 0 Å². The number of sulfonamides is 1. The number of aromatic nitrogens is 1. The average molecular weight is 297 g/mol. The lowest BCUT2D eigenvalue weighted by molar-refractivity contribution is -0.130. The van der Waals surface area contributed by atoms with Crippen LogP contribution in [0.3, 0.4) is 0 Å². The van der Waals surface area contributed by atoms with E-state index >= 15 is 0 Å². The number of carbonyl (C=O) groups is 1. The third kappa shape index (κ3) is 4.57. The van der Waals surface area contributed by atoms with Gasteiger partial charge in [0.05, 0.1) is 5.75 Å². The third-order valence-electron chi connectivity index (χ3n) is 3.46. The molecule has 6 nitrogen and oxygen atoms in total. The fourth-order valence-electron chi connectivity index (χ4n) is 2.48.